The third-order valence-electron chi connectivity index (χ3n) is 8.23. The number of hydrogen-bond donors (Lipinski definition) is 1. The van der Waals surface area contributed by atoms with Gasteiger partial charge in [0.15, 0.2) is 6.10 Å². The van der Waals surface area contributed by atoms with E-state index in [9.17, 15) is 14.7 Å². The van der Waals surface area contributed by atoms with Crippen LogP contribution in [0.1, 0.15) is 86.0 Å². The number of allylic oxidation sites excluding steroid dienone is 1. The summed E-state index contributed by atoms with van der Waals surface area (Å²) in [6, 6.07) is 0. The van der Waals surface area contributed by atoms with Gasteiger partial charge >= 0.3 is 11.9 Å². The fraction of sp³-hybridized carbons (Fsp3) is 0.840. The molecule has 0 heterocycles. The normalized spacial score (nSPS) is 33.3. The highest BCUT2D eigenvalue weighted by atomic mass is 16.6. The molecule has 0 aromatic carbocycles. The molecule has 6 atom stereocenters. The van der Waals surface area contributed by atoms with Gasteiger partial charge in [0, 0.05) is 13.3 Å². The lowest BCUT2D eigenvalue weighted by Gasteiger charge is -2.59. The molecule has 5 heteroatoms. The predicted molar refractivity (Wildman–Crippen MR) is 118 cm³/mol. The molecular weight excluding hydrogens is 380 g/mol. The van der Waals surface area contributed by atoms with Gasteiger partial charge < -0.3 is 14.6 Å². The van der Waals surface area contributed by atoms with Crippen molar-refractivity contribution in [1.82, 2.24) is 0 Å². The van der Waals surface area contributed by atoms with Crippen molar-refractivity contribution in [1.29, 1.82) is 0 Å². The maximum absolute atomic E-state index is 12.3. The van der Waals surface area contributed by atoms with Crippen LogP contribution in [-0.2, 0) is 19.1 Å². The van der Waals surface area contributed by atoms with Crippen molar-refractivity contribution < 1.29 is 24.2 Å². The zero-order valence-electron chi connectivity index (χ0n) is 19.7. The van der Waals surface area contributed by atoms with Crippen molar-refractivity contribution in [2.75, 3.05) is 13.2 Å². The molecule has 0 bridgehead atoms. The molecule has 2 rings (SSSR count). The summed E-state index contributed by atoms with van der Waals surface area (Å²) in [5.74, 6) is 0.742. The summed E-state index contributed by atoms with van der Waals surface area (Å²) < 4.78 is 10.1. The van der Waals surface area contributed by atoms with Crippen LogP contribution in [0.4, 0.5) is 0 Å². The van der Waals surface area contributed by atoms with Crippen molar-refractivity contribution in [2.24, 2.45) is 28.6 Å². The molecule has 2 fully saturated rings. The molecule has 0 spiro atoms. The molecule has 172 valence electrons. The van der Waals surface area contributed by atoms with Crippen molar-refractivity contribution in [3.8, 4) is 0 Å². The van der Waals surface area contributed by atoms with Gasteiger partial charge in [-0.3, -0.25) is 9.59 Å². The van der Waals surface area contributed by atoms with Crippen LogP contribution in [0.15, 0.2) is 12.2 Å². The standard InChI is InChI=1S/C25H42O5/c1-17(14-23(28)30-21(15-26)16-29-20(4)27)10-12-24(5)19(3)11-13-25(6)18(2)8-7-9-22(24)25/h17,19,21-22,26H,2,7-16H2,1,3-6H3. The van der Waals surface area contributed by atoms with Crippen molar-refractivity contribution in [2.45, 2.75) is 92.1 Å². The molecule has 1 N–H and O–H groups in total. The highest BCUT2D eigenvalue weighted by Gasteiger charge is 2.53. The van der Waals surface area contributed by atoms with E-state index in [1.165, 1.54) is 44.6 Å². The number of aliphatic hydroxyl groups excluding tert-OH is 1. The second-order valence-corrected chi connectivity index (χ2v) is 10.4. The van der Waals surface area contributed by atoms with E-state index in [4.69, 9.17) is 9.47 Å². The Bertz CT molecular complexity index is 629. The Balaban J connectivity index is 1.92. The molecule has 0 amide bonds. The average Bonchev–Trinajstić information content (AvgIpc) is 2.68. The Morgan fingerprint density at radius 2 is 2.00 bits per heavy atom. The monoisotopic (exact) mass is 422 g/mol. The number of fused-ring (bicyclic) bond motifs is 1. The van der Waals surface area contributed by atoms with Gasteiger partial charge in [0.1, 0.15) is 6.61 Å². The lowest BCUT2D eigenvalue weighted by Crippen LogP contribution is -2.50. The molecule has 30 heavy (non-hydrogen) atoms. The lowest BCUT2D eigenvalue weighted by molar-refractivity contribution is -0.161. The fourth-order valence-corrected chi connectivity index (χ4v) is 5.90. The molecule has 0 saturated heterocycles. The van der Waals surface area contributed by atoms with Crippen LogP contribution in [0.25, 0.3) is 0 Å². The number of carbonyl (C=O) groups is 2. The smallest absolute Gasteiger partial charge is 0.306 e. The van der Waals surface area contributed by atoms with Crippen molar-refractivity contribution >= 4 is 11.9 Å². The van der Waals surface area contributed by atoms with E-state index in [0.29, 0.717) is 18.3 Å². The van der Waals surface area contributed by atoms with Gasteiger partial charge in [0.25, 0.3) is 0 Å². The topological polar surface area (TPSA) is 72.8 Å². The minimum atomic E-state index is -0.793. The summed E-state index contributed by atoms with van der Waals surface area (Å²) in [6.45, 7) is 14.7. The van der Waals surface area contributed by atoms with Gasteiger partial charge in [0.05, 0.1) is 6.61 Å². The number of aliphatic hydroxyl groups is 1. The number of ether oxygens (including phenoxy) is 2. The van der Waals surface area contributed by atoms with Gasteiger partial charge in [0.2, 0.25) is 0 Å². The van der Waals surface area contributed by atoms with Gasteiger partial charge in [-0.1, -0.05) is 39.8 Å². The van der Waals surface area contributed by atoms with Gasteiger partial charge in [-0.2, -0.15) is 0 Å². The Morgan fingerprint density at radius 3 is 2.63 bits per heavy atom. The molecule has 0 aromatic heterocycles. The molecule has 5 nitrogen and oxygen atoms in total. The number of hydrogen-bond acceptors (Lipinski definition) is 5. The van der Waals surface area contributed by atoms with Crippen LogP contribution in [0.5, 0.6) is 0 Å². The second kappa shape index (κ2) is 10.3. The number of carbonyl (C=O) groups excluding carboxylic acids is 2. The summed E-state index contributed by atoms with van der Waals surface area (Å²) in [7, 11) is 0. The van der Waals surface area contributed by atoms with E-state index in [1.807, 2.05) is 0 Å². The minimum absolute atomic E-state index is 0.105. The van der Waals surface area contributed by atoms with Gasteiger partial charge in [-0.15, -0.1) is 0 Å². The first kappa shape index (κ1) is 24.9. The first-order valence-corrected chi connectivity index (χ1v) is 11.6. The predicted octanol–water partition coefficient (Wildman–Crippen LogP) is 5.06. The summed E-state index contributed by atoms with van der Waals surface area (Å²) in [4.78, 5) is 23.2. The van der Waals surface area contributed by atoms with E-state index in [2.05, 4.69) is 34.3 Å². The van der Waals surface area contributed by atoms with Crippen LogP contribution >= 0.6 is 0 Å². The van der Waals surface area contributed by atoms with Gasteiger partial charge in [-0.25, -0.2) is 0 Å². The van der Waals surface area contributed by atoms with Crippen LogP contribution < -0.4 is 0 Å². The van der Waals surface area contributed by atoms with Crippen LogP contribution in [0.2, 0.25) is 0 Å². The van der Waals surface area contributed by atoms with Crippen molar-refractivity contribution in [3.63, 3.8) is 0 Å². The molecular formula is C25H42O5. The largest absolute Gasteiger partial charge is 0.462 e. The Morgan fingerprint density at radius 1 is 1.30 bits per heavy atom. The minimum Gasteiger partial charge on any atom is -0.462 e. The third-order valence-corrected chi connectivity index (χ3v) is 8.23. The second-order valence-electron chi connectivity index (χ2n) is 10.4. The maximum atomic E-state index is 12.3. The van der Waals surface area contributed by atoms with Crippen LogP contribution in [-0.4, -0.2) is 36.4 Å². The number of rotatable bonds is 9. The average molecular weight is 423 g/mol. The zero-order valence-corrected chi connectivity index (χ0v) is 19.7. The van der Waals surface area contributed by atoms with Crippen LogP contribution in [0.3, 0.4) is 0 Å². The first-order valence-electron chi connectivity index (χ1n) is 11.6. The van der Waals surface area contributed by atoms with E-state index < -0.39 is 12.1 Å². The zero-order chi connectivity index (χ0) is 22.5. The Hall–Kier alpha value is -1.36. The molecule has 6 unspecified atom stereocenters. The summed E-state index contributed by atoms with van der Waals surface area (Å²) >= 11 is 0. The lowest BCUT2D eigenvalue weighted by atomic mass is 9.46. The van der Waals surface area contributed by atoms with E-state index in [0.717, 1.165) is 12.8 Å². The third kappa shape index (κ3) is 5.66. The molecule has 0 radical (unpaired) electrons. The Kier molecular flexibility index (Phi) is 8.55. The van der Waals surface area contributed by atoms with Gasteiger partial charge in [-0.05, 0) is 73.5 Å². The maximum Gasteiger partial charge on any atom is 0.306 e. The molecule has 2 aliphatic rings. The van der Waals surface area contributed by atoms with Crippen LogP contribution in [0, 0.1) is 28.6 Å². The first-order chi connectivity index (χ1) is 14.0. The fourth-order valence-electron chi connectivity index (χ4n) is 5.90. The molecule has 0 aromatic rings. The Labute approximate surface area is 182 Å². The highest BCUT2D eigenvalue weighted by molar-refractivity contribution is 5.70. The summed E-state index contributed by atoms with van der Waals surface area (Å²) in [5, 5.41) is 9.34. The molecule has 2 saturated carbocycles. The summed E-state index contributed by atoms with van der Waals surface area (Å²) in [6.07, 6.45) is 7.78. The summed E-state index contributed by atoms with van der Waals surface area (Å²) in [5.41, 5.74) is 1.96. The number of esters is 2. The van der Waals surface area contributed by atoms with E-state index in [-0.39, 0.29) is 35.9 Å². The van der Waals surface area contributed by atoms with E-state index in [1.54, 1.807) is 0 Å². The molecule has 2 aliphatic carbocycles. The molecule has 0 aliphatic heterocycles. The van der Waals surface area contributed by atoms with E-state index >= 15 is 0 Å². The highest BCUT2D eigenvalue weighted by Crippen LogP contribution is 2.62. The quantitative estimate of drug-likeness (QED) is 0.415. The van der Waals surface area contributed by atoms with Crippen molar-refractivity contribution in [3.05, 3.63) is 12.2 Å². The SMILES string of the molecule is C=C1CCCC2C1(C)CCC(C)C2(C)CCC(C)CC(=O)OC(CO)COC(C)=O.